The van der Waals surface area contributed by atoms with Crippen molar-refractivity contribution in [3.8, 4) is 17.0 Å². The Labute approximate surface area is 142 Å². The summed E-state index contributed by atoms with van der Waals surface area (Å²) < 4.78 is 40.5. The lowest BCUT2D eigenvalue weighted by Crippen LogP contribution is -2.21. The van der Waals surface area contributed by atoms with Gasteiger partial charge in [0.05, 0.1) is 12.2 Å². The van der Waals surface area contributed by atoms with Crippen molar-refractivity contribution in [2.24, 2.45) is 0 Å². The van der Waals surface area contributed by atoms with Crippen molar-refractivity contribution in [1.82, 2.24) is 15.3 Å². The quantitative estimate of drug-likeness (QED) is 0.810. The van der Waals surface area contributed by atoms with Crippen LogP contribution < -0.4 is 10.1 Å². The van der Waals surface area contributed by atoms with Crippen molar-refractivity contribution in [2.75, 3.05) is 0 Å². The molecule has 0 unspecified atom stereocenters. The Balaban J connectivity index is 2.25. The van der Waals surface area contributed by atoms with Crippen LogP contribution >= 0.6 is 0 Å². The number of carbonyl (C=O) groups excluding carboxylic acids is 1. The standard InChI is InChI=1S/C17H16F3N3O2/c1-3-12-9-14(23-15(22-12)10-21-16(24)4-2)11-5-7-13(8-6-11)25-17(18,19)20/h4-9H,2-3,10H2,1H3,(H,21,24). The van der Waals surface area contributed by atoms with Gasteiger partial charge in [0, 0.05) is 11.3 Å². The van der Waals surface area contributed by atoms with E-state index in [2.05, 4.69) is 26.6 Å². The second-order valence-corrected chi connectivity index (χ2v) is 5.01. The lowest BCUT2D eigenvalue weighted by atomic mass is 10.1. The first-order valence-corrected chi connectivity index (χ1v) is 7.44. The second kappa shape index (κ2) is 7.78. The van der Waals surface area contributed by atoms with Gasteiger partial charge in [-0.25, -0.2) is 9.97 Å². The van der Waals surface area contributed by atoms with Crippen molar-refractivity contribution in [1.29, 1.82) is 0 Å². The van der Waals surface area contributed by atoms with Crippen molar-refractivity contribution >= 4 is 5.91 Å². The highest BCUT2D eigenvalue weighted by Crippen LogP contribution is 2.26. The molecule has 1 aromatic heterocycles. The molecule has 0 fully saturated rings. The van der Waals surface area contributed by atoms with Gasteiger partial charge in [-0.05, 0) is 42.8 Å². The van der Waals surface area contributed by atoms with Crippen molar-refractivity contribution in [3.05, 3.63) is 54.5 Å². The van der Waals surface area contributed by atoms with Gasteiger partial charge in [-0.1, -0.05) is 13.5 Å². The Morgan fingerprint density at radius 1 is 1.28 bits per heavy atom. The number of aryl methyl sites for hydroxylation is 1. The highest BCUT2D eigenvalue weighted by atomic mass is 19.4. The molecule has 0 aliphatic carbocycles. The SMILES string of the molecule is C=CC(=O)NCc1nc(CC)cc(-c2ccc(OC(F)(F)F)cc2)n1. The molecule has 0 saturated carbocycles. The summed E-state index contributed by atoms with van der Waals surface area (Å²) in [5, 5.41) is 2.59. The lowest BCUT2D eigenvalue weighted by molar-refractivity contribution is -0.274. The first kappa shape index (κ1) is 18.4. The van der Waals surface area contributed by atoms with E-state index in [1.165, 1.54) is 24.3 Å². The highest BCUT2D eigenvalue weighted by molar-refractivity contribution is 5.86. The van der Waals surface area contributed by atoms with E-state index in [1.807, 2.05) is 6.92 Å². The number of nitrogens with zero attached hydrogens (tertiary/aromatic N) is 2. The smallest absolute Gasteiger partial charge is 0.406 e. The lowest BCUT2D eigenvalue weighted by Gasteiger charge is -2.10. The maximum atomic E-state index is 12.2. The summed E-state index contributed by atoms with van der Waals surface area (Å²) in [6.45, 7) is 5.40. The molecule has 0 radical (unpaired) electrons. The predicted molar refractivity (Wildman–Crippen MR) is 85.6 cm³/mol. The minimum Gasteiger partial charge on any atom is -0.406 e. The Morgan fingerprint density at radius 3 is 2.52 bits per heavy atom. The molecule has 0 bridgehead atoms. The molecule has 2 aromatic rings. The van der Waals surface area contributed by atoms with Gasteiger partial charge in [-0.15, -0.1) is 13.2 Å². The van der Waals surface area contributed by atoms with Crippen molar-refractivity contribution in [2.45, 2.75) is 26.3 Å². The molecule has 25 heavy (non-hydrogen) atoms. The van der Waals surface area contributed by atoms with E-state index in [0.717, 1.165) is 11.8 Å². The molecule has 2 rings (SSSR count). The molecule has 1 heterocycles. The summed E-state index contributed by atoms with van der Waals surface area (Å²) in [7, 11) is 0. The van der Waals surface area contributed by atoms with Crippen molar-refractivity contribution in [3.63, 3.8) is 0 Å². The maximum Gasteiger partial charge on any atom is 0.573 e. The van der Waals surface area contributed by atoms with E-state index in [1.54, 1.807) is 6.07 Å². The van der Waals surface area contributed by atoms with Crippen LogP contribution in [-0.2, 0) is 17.8 Å². The minimum atomic E-state index is -4.73. The maximum absolute atomic E-state index is 12.2. The van der Waals surface area contributed by atoms with Gasteiger partial charge < -0.3 is 10.1 Å². The van der Waals surface area contributed by atoms with Crippen LogP contribution in [0.3, 0.4) is 0 Å². The average Bonchev–Trinajstić information content (AvgIpc) is 2.58. The van der Waals surface area contributed by atoms with Gasteiger partial charge in [0.25, 0.3) is 0 Å². The summed E-state index contributed by atoms with van der Waals surface area (Å²) in [5.74, 6) is -0.250. The van der Waals surface area contributed by atoms with Gasteiger partial charge >= 0.3 is 6.36 Å². The van der Waals surface area contributed by atoms with E-state index in [-0.39, 0.29) is 18.2 Å². The number of rotatable bonds is 6. The van der Waals surface area contributed by atoms with Crippen molar-refractivity contribution < 1.29 is 22.7 Å². The number of hydrogen-bond acceptors (Lipinski definition) is 4. The van der Waals surface area contributed by atoms with Crippen LogP contribution in [0.2, 0.25) is 0 Å². The van der Waals surface area contributed by atoms with E-state index in [9.17, 15) is 18.0 Å². The molecular weight excluding hydrogens is 335 g/mol. The molecule has 1 amide bonds. The van der Waals surface area contributed by atoms with Crippen LogP contribution in [0.5, 0.6) is 5.75 Å². The van der Waals surface area contributed by atoms with Crippen LogP contribution in [0.4, 0.5) is 13.2 Å². The summed E-state index contributed by atoms with van der Waals surface area (Å²) in [6.07, 6.45) is -2.94. The number of nitrogens with one attached hydrogen (secondary N) is 1. The normalized spacial score (nSPS) is 11.0. The molecular formula is C17H16F3N3O2. The molecule has 8 heteroatoms. The number of halogens is 3. The van der Waals surface area contributed by atoms with Crippen LogP contribution in [0, 0.1) is 0 Å². The zero-order valence-corrected chi connectivity index (χ0v) is 13.4. The summed E-state index contributed by atoms with van der Waals surface area (Å²) in [6, 6.07) is 7.15. The van der Waals surface area contributed by atoms with E-state index in [0.29, 0.717) is 23.5 Å². The van der Waals surface area contributed by atoms with Gasteiger partial charge in [0.1, 0.15) is 11.6 Å². The van der Waals surface area contributed by atoms with Crippen LogP contribution in [0.15, 0.2) is 43.0 Å². The predicted octanol–water partition coefficient (Wildman–Crippen LogP) is 3.41. The van der Waals surface area contributed by atoms with Gasteiger partial charge in [0.15, 0.2) is 0 Å². The molecule has 0 saturated heterocycles. The number of amides is 1. The molecule has 0 aliphatic heterocycles. The fourth-order valence-electron chi connectivity index (χ4n) is 2.03. The van der Waals surface area contributed by atoms with Crippen LogP contribution in [0.1, 0.15) is 18.4 Å². The number of benzene rings is 1. The molecule has 1 N–H and O–H groups in total. The van der Waals surface area contributed by atoms with Crippen LogP contribution in [0.25, 0.3) is 11.3 Å². The third-order valence-corrected chi connectivity index (χ3v) is 3.18. The molecule has 0 aliphatic rings. The number of alkyl halides is 3. The monoisotopic (exact) mass is 351 g/mol. The van der Waals surface area contributed by atoms with Crippen LogP contribution in [-0.4, -0.2) is 22.2 Å². The second-order valence-electron chi connectivity index (χ2n) is 5.01. The average molecular weight is 351 g/mol. The molecule has 0 spiro atoms. The zero-order chi connectivity index (χ0) is 18.4. The number of carbonyl (C=O) groups is 1. The molecule has 5 nitrogen and oxygen atoms in total. The largest absolute Gasteiger partial charge is 0.573 e. The zero-order valence-electron chi connectivity index (χ0n) is 13.4. The fraction of sp³-hybridized carbons (Fsp3) is 0.235. The molecule has 132 valence electrons. The first-order valence-electron chi connectivity index (χ1n) is 7.44. The topological polar surface area (TPSA) is 64.1 Å². The summed E-state index contributed by atoms with van der Waals surface area (Å²) >= 11 is 0. The Bertz CT molecular complexity index is 759. The molecule has 1 aromatic carbocycles. The Hall–Kier alpha value is -2.90. The number of hydrogen-bond donors (Lipinski definition) is 1. The van der Waals surface area contributed by atoms with Gasteiger partial charge in [-0.2, -0.15) is 0 Å². The Morgan fingerprint density at radius 2 is 1.96 bits per heavy atom. The van der Waals surface area contributed by atoms with Gasteiger partial charge in [0.2, 0.25) is 5.91 Å². The Kier molecular flexibility index (Phi) is 5.74. The minimum absolute atomic E-state index is 0.126. The highest BCUT2D eigenvalue weighted by Gasteiger charge is 2.30. The van der Waals surface area contributed by atoms with E-state index in [4.69, 9.17) is 0 Å². The summed E-state index contributed by atoms with van der Waals surface area (Å²) in [4.78, 5) is 19.9. The third kappa shape index (κ3) is 5.59. The fourth-order valence-corrected chi connectivity index (χ4v) is 2.03. The molecule has 0 atom stereocenters. The third-order valence-electron chi connectivity index (χ3n) is 3.18. The number of ether oxygens (including phenoxy) is 1. The van der Waals surface area contributed by atoms with E-state index >= 15 is 0 Å². The van der Waals surface area contributed by atoms with Gasteiger partial charge in [-0.3, -0.25) is 4.79 Å². The number of aromatic nitrogens is 2. The summed E-state index contributed by atoms with van der Waals surface area (Å²) in [5.41, 5.74) is 1.92. The van der Waals surface area contributed by atoms with E-state index < -0.39 is 6.36 Å². The first-order chi connectivity index (χ1) is 11.8.